The first-order chi connectivity index (χ1) is 8.52. The molecular formula is C14H24O5. The van der Waals surface area contributed by atoms with Gasteiger partial charge in [-0.2, -0.15) is 0 Å². The number of hydrogen-bond acceptors (Lipinski definition) is 5. The predicted molar refractivity (Wildman–Crippen MR) is 71.4 cm³/mol. The van der Waals surface area contributed by atoms with Gasteiger partial charge in [0.15, 0.2) is 0 Å². The van der Waals surface area contributed by atoms with E-state index in [2.05, 4.69) is 6.58 Å². The third kappa shape index (κ3) is 6.38. The predicted octanol–water partition coefficient (Wildman–Crippen LogP) is 1.84. The van der Waals surface area contributed by atoms with Gasteiger partial charge in [-0.25, -0.2) is 4.79 Å². The molecule has 0 aliphatic heterocycles. The number of ether oxygens (including phenoxy) is 2. The van der Waals surface area contributed by atoms with Crippen LogP contribution < -0.4 is 0 Å². The molecule has 0 spiro atoms. The topological polar surface area (TPSA) is 72.8 Å². The third-order valence-electron chi connectivity index (χ3n) is 2.81. The van der Waals surface area contributed by atoms with E-state index in [-0.39, 0.29) is 24.8 Å². The Balaban J connectivity index is 4.28. The fourth-order valence-corrected chi connectivity index (χ4v) is 0.947. The summed E-state index contributed by atoms with van der Waals surface area (Å²) in [6.45, 7) is 11.3. The summed E-state index contributed by atoms with van der Waals surface area (Å²) in [4.78, 5) is 22.9. The van der Waals surface area contributed by atoms with Crippen molar-refractivity contribution in [3.05, 3.63) is 12.2 Å². The van der Waals surface area contributed by atoms with E-state index in [1.54, 1.807) is 13.8 Å². The molecule has 0 radical (unpaired) electrons. The highest BCUT2D eigenvalue weighted by molar-refractivity contribution is 5.86. The highest BCUT2D eigenvalue weighted by Crippen LogP contribution is 2.22. The standard InChI is InChI=1S/C14H24O5/c1-7-13(4,5)12(16)19-9-14(6,17)8-18-11(15)10(2)3/h17H,2,7-9H2,1,3-6H3. The van der Waals surface area contributed by atoms with Crippen molar-refractivity contribution >= 4 is 11.9 Å². The highest BCUT2D eigenvalue weighted by Gasteiger charge is 2.31. The summed E-state index contributed by atoms with van der Waals surface area (Å²) in [7, 11) is 0. The average Bonchev–Trinajstić information content (AvgIpc) is 2.32. The summed E-state index contributed by atoms with van der Waals surface area (Å²) in [6.07, 6.45) is 0.638. The van der Waals surface area contributed by atoms with Crippen LogP contribution in [0, 0.1) is 5.41 Å². The van der Waals surface area contributed by atoms with E-state index in [1.807, 2.05) is 6.92 Å². The summed E-state index contributed by atoms with van der Waals surface area (Å²) < 4.78 is 9.89. The Kier molecular flexibility index (Phi) is 6.22. The van der Waals surface area contributed by atoms with Crippen LogP contribution in [0.25, 0.3) is 0 Å². The Bertz CT molecular complexity index is 355. The first-order valence-electron chi connectivity index (χ1n) is 6.24. The van der Waals surface area contributed by atoms with Crippen LogP contribution in [0.15, 0.2) is 12.2 Å². The molecule has 0 heterocycles. The van der Waals surface area contributed by atoms with Gasteiger partial charge in [0.2, 0.25) is 0 Å². The van der Waals surface area contributed by atoms with Crippen LogP contribution in [0.2, 0.25) is 0 Å². The molecule has 0 saturated carbocycles. The van der Waals surface area contributed by atoms with Crippen molar-refractivity contribution in [3.63, 3.8) is 0 Å². The average molecular weight is 272 g/mol. The van der Waals surface area contributed by atoms with E-state index >= 15 is 0 Å². The Labute approximate surface area is 114 Å². The first kappa shape index (κ1) is 17.6. The maximum atomic E-state index is 11.7. The van der Waals surface area contributed by atoms with Gasteiger partial charge in [-0.3, -0.25) is 4.79 Å². The van der Waals surface area contributed by atoms with Crippen molar-refractivity contribution in [1.82, 2.24) is 0 Å². The fourth-order valence-electron chi connectivity index (χ4n) is 0.947. The molecule has 0 amide bonds. The van der Waals surface area contributed by atoms with Crippen molar-refractivity contribution in [2.24, 2.45) is 5.41 Å². The second kappa shape index (κ2) is 6.70. The molecule has 0 bridgehead atoms. The van der Waals surface area contributed by atoms with Crippen molar-refractivity contribution < 1.29 is 24.2 Å². The van der Waals surface area contributed by atoms with E-state index in [1.165, 1.54) is 13.8 Å². The minimum atomic E-state index is -1.41. The van der Waals surface area contributed by atoms with Crippen LogP contribution in [-0.4, -0.2) is 35.9 Å². The van der Waals surface area contributed by atoms with Crippen molar-refractivity contribution in [3.8, 4) is 0 Å². The molecule has 0 aromatic heterocycles. The Morgan fingerprint density at radius 1 is 1.16 bits per heavy atom. The molecule has 0 aromatic rings. The molecule has 5 heteroatoms. The number of esters is 2. The van der Waals surface area contributed by atoms with Gasteiger partial charge in [0.25, 0.3) is 0 Å². The van der Waals surface area contributed by atoms with Crippen LogP contribution in [0.1, 0.15) is 41.0 Å². The lowest BCUT2D eigenvalue weighted by Gasteiger charge is -2.26. The van der Waals surface area contributed by atoms with Gasteiger partial charge < -0.3 is 14.6 Å². The second-order valence-corrected chi connectivity index (χ2v) is 5.67. The van der Waals surface area contributed by atoms with Crippen molar-refractivity contribution in [1.29, 1.82) is 0 Å². The van der Waals surface area contributed by atoms with E-state index in [0.717, 1.165) is 0 Å². The maximum absolute atomic E-state index is 11.7. The monoisotopic (exact) mass is 272 g/mol. The van der Waals surface area contributed by atoms with Crippen LogP contribution >= 0.6 is 0 Å². The van der Waals surface area contributed by atoms with Gasteiger partial charge in [-0.1, -0.05) is 13.5 Å². The first-order valence-corrected chi connectivity index (χ1v) is 6.24. The molecule has 1 atom stereocenters. The molecule has 5 nitrogen and oxygen atoms in total. The highest BCUT2D eigenvalue weighted by atomic mass is 16.6. The molecule has 0 rings (SSSR count). The summed E-state index contributed by atoms with van der Waals surface area (Å²) in [6, 6.07) is 0. The number of carbonyl (C=O) groups is 2. The van der Waals surface area contributed by atoms with Crippen LogP contribution in [0.5, 0.6) is 0 Å². The Morgan fingerprint density at radius 3 is 2.05 bits per heavy atom. The third-order valence-corrected chi connectivity index (χ3v) is 2.81. The Hall–Kier alpha value is -1.36. The molecule has 1 unspecified atom stereocenters. The molecule has 1 N–H and O–H groups in total. The summed E-state index contributed by atoms with van der Waals surface area (Å²) in [5.41, 5.74) is -1.75. The molecule has 0 aromatic carbocycles. The van der Waals surface area contributed by atoms with Crippen molar-refractivity contribution in [2.75, 3.05) is 13.2 Å². The lowest BCUT2D eigenvalue weighted by molar-refractivity contribution is -0.166. The summed E-state index contributed by atoms with van der Waals surface area (Å²) >= 11 is 0. The lowest BCUT2D eigenvalue weighted by atomic mass is 9.90. The maximum Gasteiger partial charge on any atom is 0.333 e. The van der Waals surface area contributed by atoms with Crippen molar-refractivity contribution in [2.45, 2.75) is 46.6 Å². The van der Waals surface area contributed by atoms with Gasteiger partial charge in [-0.15, -0.1) is 0 Å². The zero-order chi connectivity index (χ0) is 15.3. The minimum absolute atomic E-state index is 0.223. The molecule has 0 saturated heterocycles. The number of rotatable bonds is 7. The van der Waals surface area contributed by atoms with E-state index in [4.69, 9.17) is 9.47 Å². The van der Waals surface area contributed by atoms with E-state index < -0.39 is 17.0 Å². The molecular weight excluding hydrogens is 248 g/mol. The normalized spacial score (nSPS) is 14.4. The molecule has 0 aliphatic carbocycles. The van der Waals surface area contributed by atoms with Crippen LogP contribution in [0.3, 0.4) is 0 Å². The zero-order valence-corrected chi connectivity index (χ0v) is 12.4. The molecule has 0 fully saturated rings. The zero-order valence-electron chi connectivity index (χ0n) is 12.4. The van der Waals surface area contributed by atoms with Crippen LogP contribution in [0.4, 0.5) is 0 Å². The summed E-state index contributed by atoms with van der Waals surface area (Å²) in [5, 5.41) is 9.95. The van der Waals surface area contributed by atoms with E-state index in [0.29, 0.717) is 6.42 Å². The number of hydrogen-bond donors (Lipinski definition) is 1. The molecule has 110 valence electrons. The fraction of sp³-hybridized carbons (Fsp3) is 0.714. The van der Waals surface area contributed by atoms with Gasteiger partial charge in [0.05, 0.1) is 5.41 Å². The lowest BCUT2D eigenvalue weighted by Crippen LogP contribution is -2.40. The SMILES string of the molecule is C=C(C)C(=O)OCC(C)(O)COC(=O)C(C)(C)CC. The van der Waals surface area contributed by atoms with E-state index in [9.17, 15) is 14.7 Å². The number of aliphatic hydroxyl groups is 1. The van der Waals surface area contributed by atoms with Gasteiger partial charge in [-0.05, 0) is 34.1 Å². The largest absolute Gasteiger partial charge is 0.462 e. The molecule has 19 heavy (non-hydrogen) atoms. The number of carbonyl (C=O) groups excluding carboxylic acids is 2. The molecule has 0 aliphatic rings. The van der Waals surface area contributed by atoms with Gasteiger partial charge >= 0.3 is 11.9 Å². The smallest absolute Gasteiger partial charge is 0.333 e. The van der Waals surface area contributed by atoms with Gasteiger partial charge in [0.1, 0.15) is 18.8 Å². The second-order valence-electron chi connectivity index (χ2n) is 5.67. The van der Waals surface area contributed by atoms with Crippen LogP contribution in [-0.2, 0) is 19.1 Å². The Morgan fingerprint density at radius 2 is 1.63 bits per heavy atom. The minimum Gasteiger partial charge on any atom is -0.462 e. The van der Waals surface area contributed by atoms with Gasteiger partial charge in [0, 0.05) is 5.57 Å². The summed E-state index contributed by atoms with van der Waals surface area (Å²) in [5.74, 6) is -0.970. The quantitative estimate of drug-likeness (QED) is 0.565.